The molecule has 6 heteroatoms. The Kier molecular flexibility index (Phi) is 4.98. The Bertz CT molecular complexity index is 668. The molecule has 2 aromatic rings. The lowest BCUT2D eigenvalue weighted by molar-refractivity contribution is -0.114. The smallest absolute Gasteiger partial charge is 0.337 e. The standard InChI is InChI=1S/C16H16N2O4/c1-22-12-8-6-11(7-9-12)17-10-15(19)18-14-5-3-2-4-13(14)16(20)21/h2-9,17H,10H2,1H3,(H,18,19)(H,20,21). The first-order chi connectivity index (χ1) is 10.6. The molecule has 0 saturated heterocycles. The van der Waals surface area contributed by atoms with Crippen molar-refractivity contribution < 1.29 is 19.4 Å². The minimum atomic E-state index is -1.08. The van der Waals surface area contributed by atoms with E-state index in [9.17, 15) is 9.59 Å². The van der Waals surface area contributed by atoms with Crippen molar-refractivity contribution in [1.29, 1.82) is 0 Å². The average molecular weight is 300 g/mol. The fourth-order valence-electron chi connectivity index (χ4n) is 1.86. The van der Waals surface area contributed by atoms with Gasteiger partial charge in [0.25, 0.3) is 0 Å². The number of hydrogen-bond acceptors (Lipinski definition) is 4. The first-order valence-electron chi connectivity index (χ1n) is 6.60. The topological polar surface area (TPSA) is 87.7 Å². The van der Waals surface area contributed by atoms with E-state index < -0.39 is 5.97 Å². The molecule has 1 amide bonds. The van der Waals surface area contributed by atoms with Gasteiger partial charge in [-0.25, -0.2) is 4.79 Å². The van der Waals surface area contributed by atoms with Crippen LogP contribution in [0.4, 0.5) is 11.4 Å². The van der Waals surface area contributed by atoms with E-state index in [0.717, 1.165) is 11.4 Å². The Morgan fingerprint density at radius 1 is 1.09 bits per heavy atom. The van der Waals surface area contributed by atoms with Gasteiger partial charge in [0.2, 0.25) is 5.91 Å². The van der Waals surface area contributed by atoms with Crippen molar-refractivity contribution >= 4 is 23.3 Å². The van der Waals surface area contributed by atoms with Crippen molar-refractivity contribution in [3.63, 3.8) is 0 Å². The Balaban J connectivity index is 1.94. The van der Waals surface area contributed by atoms with Crippen molar-refractivity contribution in [3.8, 4) is 5.75 Å². The molecule has 0 aromatic heterocycles. The number of amides is 1. The van der Waals surface area contributed by atoms with Crippen molar-refractivity contribution in [3.05, 3.63) is 54.1 Å². The predicted molar refractivity (Wildman–Crippen MR) is 83.5 cm³/mol. The van der Waals surface area contributed by atoms with Crippen LogP contribution in [0, 0.1) is 0 Å². The normalized spacial score (nSPS) is 9.86. The molecular weight excluding hydrogens is 284 g/mol. The number of carboxylic acids is 1. The van der Waals surface area contributed by atoms with Crippen LogP contribution in [-0.4, -0.2) is 30.6 Å². The van der Waals surface area contributed by atoms with E-state index >= 15 is 0 Å². The Morgan fingerprint density at radius 3 is 2.41 bits per heavy atom. The second-order valence-corrected chi connectivity index (χ2v) is 4.48. The van der Waals surface area contributed by atoms with E-state index in [1.54, 1.807) is 49.6 Å². The third-order valence-electron chi connectivity index (χ3n) is 2.97. The van der Waals surface area contributed by atoms with Crippen LogP contribution in [0.15, 0.2) is 48.5 Å². The van der Waals surface area contributed by atoms with Gasteiger partial charge in [0.05, 0.1) is 24.9 Å². The summed E-state index contributed by atoms with van der Waals surface area (Å²) in [5.74, 6) is -0.686. The second kappa shape index (κ2) is 7.12. The minimum absolute atomic E-state index is 0.0281. The lowest BCUT2D eigenvalue weighted by Gasteiger charge is -2.10. The van der Waals surface area contributed by atoms with Crippen molar-refractivity contribution in [2.75, 3.05) is 24.3 Å². The fraction of sp³-hybridized carbons (Fsp3) is 0.125. The lowest BCUT2D eigenvalue weighted by Crippen LogP contribution is -2.22. The van der Waals surface area contributed by atoms with E-state index in [-0.39, 0.29) is 23.7 Å². The molecule has 0 fully saturated rings. The Hall–Kier alpha value is -3.02. The van der Waals surface area contributed by atoms with Crippen LogP contribution < -0.4 is 15.4 Å². The molecule has 0 aliphatic heterocycles. The van der Waals surface area contributed by atoms with Gasteiger partial charge in [0.15, 0.2) is 0 Å². The molecule has 2 rings (SSSR count). The highest BCUT2D eigenvalue weighted by molar-refractivity contribution is 6.01. The third-order valence-corrected chi connectivity index (χ3v) is 2.97. The van der Waals surface area contributed by atoms with Crippen molar-refractivity contribution in [1.82, 2.24) is 0 Å². The number of nitrogens with one attached hydrogen (secondary N) is 2. The van der Waals surface area contributed by atoms with Crippen molar-refractivity contribution in [2.24, 2.45) is 0 Å². The van der Waals surface area contributed by atoms with Gasteiger partial charge >= 0.3 is 5.97 Å². The molecule has 0 spiro atoms. The SMILES string of the molecule is COc1ccc(NCC(=O)Nc2ccccc2C(=O)O)cc1. The van der Waals surface area contributed by atoms with Crippen LogP contribution in [0.3, 0.4) is 0 Å². The highest BCUT2D eigenvalue weighted by Gasteiger charge is 2.11. The monoisotopic (exact) mass is 300 g/mol. The number of carbonyl (C=O) groups excluding carboxylic acids is 1. The third kappa shape index (κ3) is 3.99. The Morgan fingerprint density at radius 2 is 1.77 bits per heavy atom. The maximum atomic E-state index is 11.9. The average Bonchev–Trinajstić information content (AvgIpc) is 2.53. The summed E-state index contributed by atoms with van der Waals surface area (Å²) in [4.78, 5) is 23.0. The summed E-state index contributed by atoms with van der Waals surface area (Å²) >= 11 is 0. The largest absolute Gasteiger partial charge is 0.497 e. The highest BCUT2D eigenvalue weighted by Crippen LogP contribution is 2.16. The van der Waals surface area contributed by atoms with Crippen LogP contribution in [0.2, 0.25) is 0 Å². The number of anilines is 2. The zero-order chi connectivity index (χ0) is 15.9. The van der Waals surface area contributed by atoms with Crippen LogP contribution in [0.5, 0.6) is 5.75 Å². The molecule has 0 aliphatic rings. The molecule has 0 unspecified atom stereocenters. The summed E-state index contributed by atoms with van der Waals surface area (Å²) in [5, 5.41) is 14.6. The molecule has 0 heterocycles. The summed E-state index contributed by atoms with van der Waals surface area (Å²) in [5.41, 5.74) is 1.10. The first kappa shape index (κ1) is 15.4. The molecule has 0 atom stereocenters. The van der Waals surface area contributed by atoms with E-state index in [4.69, 9.17) is 9.84 Å². The van der Waals surface area contributed by atoms with Crippen LogP contribution in [0.25, 0.3) is 0 Å². The molecule has 2 aromatic carbocycles. The van der Waals surface area contributed by atoms with Crippen molar-refractivity contribution in [2.45, 2.75) is 0 Å². The van der Waals surface area contributed by atoms with Gasteiger partial charge in [0, 0.05) is 5.69 Å². The molecule has 6 nitrogen and oxygen atoms in total. The number of carboxylic acid groups (broad SMARTS) is 1. The van der Waals surface area contributed by atoms with E-state index in [1.807, 2.05) is 0 Å². The number of carbonyl (C=O) groups is 2. The molecule has 0 aliphatic carbocycles. The number of rotatable bonds is 6. The molecule has 22 heavy (non-hydrogen) atoms. The summed E-state index contributed by atoms with van der Waals surface area (Å²) in [7, 11) is 1.58. The molecule has 114 valence electrons. The highest BCUT2D eigenvalue weighted by atomic mass is 16.5. The van der Waals surface area contributed by atoms with Gasteiger partial charge in [-0.1, -0.05) is 12.1 Å². The van der Waals surface area contributed by atoms with Crippen LogP contribution >= 0.6 is 0 Å². The number of para-hydroxylation sites is 1. The van der Waals surface area contributed by atoms with Gasteiger partial charge in [-0.3, -0.25) is 4.79 Å². The zero-order valence-corrected chi connectivity index (χ0v) is 12.0. The number of hydrogen-bond donors (Lipinski definition) is 3. The second-order valence-electron chi connectivity index (χ2n) is 4.48. The molecule has 3 N–H and O–H groups in total. The fourth-order valence-corrected chi connectivity index (χ4v) is 1.86. The van der Waals surface area contributed by atoms with E-state index in [0.29, 0.717) is 0 Å². The first-order valence-corrected chi connectivity index (χ1v) is 6.60. The number of aromatic carboxylic acids is 1. The molecular formula is C16H16N2O4. The maximum absolute atomic E-state index is 11.9. The molecule has 0 bridgehead atoms. The van der Waals surface area contributed by atoms with Gasteiger partial charge in [0.1, 0.15) is 5.75 Å². The Labute approximate surface area is 127 Å². The van der Waals surface area contributed by atoms with Crippen LogP contribution in [0.1, 0.15) is 10.4 Å². The summed E-state index contributed by atoms with van der Waals surface area (Å²) in [6, 6.07) is 13.4. The number of methoxy groups -OCH3 is 1. The van der Waals surface area contributed by atoms with E-state index in [2.05, 4.69) is 10.6 Å². The van der Waals surface area contributed by atoms with Gasteiger partial charge < -0.3 is 20.5 Å². The maximum Gasteiger partial charge on any atom is 0.337 e. The predicted octanol–water partition coefficient (Wildman–Crippen LogP) is 2.44. The zero-order valence-electron chi connectivity index (χ0n) is 12.0. The molecule has 0 saturated carbocycles. The summed E-state index contributed by atoms with van der Waals surface area (Å²) in [6.45, 7) is 0.0281. The lowest BCUT2D eigenvalue weighted by atomic mass is 10.2. The summed E-state index contributed by atoms with van der Waals surface area (Å²) < 4.78 is 5.05. The van der Waals surface area contributed by atoms with Crippen LogP contribution in [-0.2, 0) is 4.79 Å². The molecule has 0 radical (unpaired) electrons. The number of ether oxygens (including phenoxy) is 1. The van der Waals surface area contributed by atoms with Gasteiger partial charge in [-0.05, 0) is 36.4 Å². The summed E-state index contributed by atoms with van der Waals surface area (Å²) in [6.07, 6.45) is 0. The van der Waals surface area contributed by atoms with Gasteiger partial charge in [-0.15, -0.1) is 0 Å². The van der Waals surface area contributed by atoms with E-state index in [1.165, 1.54) is 6.07 Å². The number of benzene rings is 2. The quantitative estimate of drug-likeness (QED) is 0.762. The van der Waals surface area contributed by atoms with Gasteiger partial charge in [-0.2, -0.15) is 0 Å². The minimum Gasteiger partial charge on any atom is -0.497 e.